The van der Waals surface area contributed by atoms with Gasteiger partial charge in [-0.15, -0.1) is 0 Å². The van der Waals surface area contributed by atoms with Crippen molar-refractivity contribution < 1.29 is 9.84 Å². The van der Waals surface area contributed by atoms with Crippen LogP contribution in [-0.4, -0.2) is 66.4 Å². The lowest BCUT2D eigenvalue weighted by Gasteiger charge is -2.46. The first-order valence-electron chi connectivity index (χ1n) is 9.24. The van der Waals surface area contributed by atoms with Crippen LogP contribution < -0.4 is 4.74 Å². The largest absolute Gasteiger partial charge is 0.491 e. The van der Waals surface area contributed by atoms with Gasteiger partial charge in [0.15, 0.2) is 0 Å². The number of β-amino-alcohol motifs (C(OH)–C–C–N with tert-alkyl or cyclic N) is 1. The van der Waals surface area contributed by atoms with Crippen molar-refractivity contribution >= 4 is 0 Å². The second-order valence-electron chi connectivity index (χ2n) is 7.55. The lowest BCUT2D eigenvalue weighted by Crippen LogP contribution is -2.55. The predicted molar refractivity (Wildman–Crippen MR) is 97.3 cm³/mol. The van der Waals surface area contributed by atoms with Crippen LogP contribution >= 0.6 is 0 Å². The van der Waals surface area contributed by atoms with Gasteiger partial charge in [-0.2, -0.15) is 10.5 Å². The first kappa shape index (κ1) is 18.7. The number of fused-ring (bicyclic) bond motifs is 2. The molecule has 2 aliphatic heterocycles. The SMILES string of the molecule is CC(C#N)N1CC2CC(CN(CC(O)COc3ccc(C#N)cc3)C2)C1. The highest BCUT2D eigenvalue weighted by Crippen LogP contribution is 2.29. The summed E-state index contributed by atoms with van der Waals surface area (Å²) >= 11 is 0. The van der Waals surface area contributed by atoms with Gasteiger partial charge in [-0.05, 0) is 49.4 Å². The van der Waals surface area contributed by atoms with Crippen LogP contribution in [0, 0.1) is 34.5 Å². The third-order valence-corrected chi connectivity index (χ3v) is 5.31. The van der Waals surface area contributed by atoms with Crippen LogP contribution in [0.1, 0.15) is 18.9 Å². The molecule has 138 valence electrons. The van der Waals surface area contributed by atoms with Crippen molar-refractivity contribution in [2.24, 2.45) is 11.8 Å². The van der Waals surface area contributed by atoms with Crippen LogP contribution in [-0.2, 0) is 0 Å². The summed E-state index contributed by atoms with van der Waals surface area (Å²) in [7, 11) is 0. The Morgan fingerprint density at radius 1 is 1.15 bits per heavy atom. The smallest absolute Gasteiger partial charge is 0.119 e. The molecule has 1 aromatic rings. The van der Waals surface area contributed by atoms with E-state index in [0.717, 1.165) is 26.2 Å². The maximum absolute atomic E-state index is 10.3. The number of nitrogens with zero attached hydrogens (tertiary/aromatic N) is 4. The number of hydrogen-bond acceptors (Lipinski definition) is 6. The molecule has 2 aliphatic rings. The number of aliphatic hydroxyl groups excluding tert-OH is 1. The van der Waals surface area contributed by atoms with Gasteiger partial charge < -0.3 is 9.84 Å². The zero-order valence-corrected chi connectivity index (χ0v) is 15.2. The molecule has 1 aromatic carbocycles. The monoisotopic (exact) mass is 354 g/mol. The van der Waals surface area contributed by atoms with Gasteiger partial charge in [0.05, 0.1) is 23.7 Å². The van der Waals surface area contributed by atoms with E-state index in [-0.39, 0.29) is 12.6 Å². The Bertz CT molecular complexity index is 665. The lowest BCUT2D eigenvalue weighted by atomic mass is 9.84. The molecule has 4 atom stereocenters. The van der Waals surface area contributed by atoms with Crippen molar-refractivity contribution in [3.63, 3.8) is 0 Å². The second kappa shape index (κ2) is 8.51. The summed E-state index contributed by atoms with van der Waals surface area (Å²) in [4.78, 5) is 4.63. The minimum atomic E-state index is -0.543. The molecule has 2 fully saturated rings. The molecule has 6 nitrogen and oxygen atoms in total. The minimum Gasteiger partial charge on any atom is -0.491 e. The van der Waals surface area contributed by atoms with E-state index in [4.69, 9.17) is 15.3 Å². The van der Waals surface area contributed by atoms with Crippen molar-refractivity contribution in [1.29, 1.82) is 10.5 Å². The Balaban J connectivity index is 1.45. The lowest BCUT2D eigenvalue weighted by molar-refractivity contribution is -0.00433. The fourth-order valence-electron chi connectivity index (χ4n) is 4.14. The molecule has 0 aliphatic carbocycles. The molecule has 0 aromatic heterocycles. The molecule has 1 N–H and O–H groups in total. The second-order valence-corrected chi connectivity index (χ2v) is 7.55. The number of ether oxygens (including phenoxy) is 1. The number of piperidine rings is 2. The van der Waals surface area contributed by atoms with Crippen LogP contribution in [0.4, 0.5) is 0 Å². The number of rotatable bonds is 6. The Morgan fingerprint density at radius 3 is 2.38 bits per heavy atom. The summed E-state index contributed by atoms with van der Waals surface area (Å²) in [5.41, 5.74) is 0.595. The van der Waals surface area contributed by atoms with Crippen molar-refractivity contribution in [2.75, 3.05) is 39.3 Å². The number of benzene rings is 1. The average molecular weight is 354 g/mol. The Hall–Kier alpha value is -2.12. The molecule has 6 heteroatoms. The maximum atomic E-state index is 10.3. The quantitative estimate of drug-likeness (QED) is 0.833. The van der Waals surface area contributed by atoms with E-state index in [9.17, 15) is 5.11 Å². The topological polar surface area (TPSA) is 83.5 Å². The van der Waals surface area contributed by atoms with Crippen molar-refractivity contribution in [1.82, 2.24) is 9.80 Å². The van der Waals surface area contributed by atoms with Gasteiger partial charge in [-0.1, -0.05) is 0 Å². The minimum absolute atomic E-state index is 0.0155. The average Bonchev–Trinajstić information content (AvgIpc) is 2.65. The zero-order chi connectivity index (χ0) is 18.5. The highest BCUT2D eigenvalue weighted by atomic mass is 16.5. The summed E-state index contributed by atoms with van der Waals surface area (Å²) < 4.78 is 5.64. The van der Waals surface area contributed by atoms with E-state index in [0.29, 0.717) is 29.7 Å². The standard InChI is InChI=1S/C20H26N4O2/c1-15(7-21)24-11-17-6-18(12-24)10-23(9-17)13-19(25)14-26-20-4-2-16(8-22)3-5-20/h2-5,15,17-19,25H,6,9-14H2,1H3. The fraction of sp³-hybridized carbons (Fsp3) is 0.600. The molecule has 2 saturated heterocycles. The van der Waals surface area contributed by atoms with E-state index in [1.54, 1.807) is 24.3 Å². The summed E-state index contributed by atoms with van der Waals surface area (Å²) in [6.45, 7) is 6.72. The van der Waals surface area contributed by atoms with Gasteiger partial charge >= 0.3 is 0 Å². The van der Waals surface area contributed by atoms with E-state index >= 15 is 0 Å². The van der Waals surface area contributed by atoms with Crippen LogP contribution in [0.3, 0.4) is 0 Å². The molecule has 0 spiro atoms. The normalized spacial score (nSPS) is 25.7. The van der Waals surface area contributed by atoms with E-state index in [1.807, 2.05) is 6.92 Å². The van der Waals surface area contributed by atoms with Crippen LogP contribution in [0.5, 0.6) is 5.75 Å². The molecule has 0 amide bonds. The number of aliphatic hydroxyl groups is 1. The molecule has 2 bridgehead atoms. The van der Waals surface area contributed by atoms with Crippen molar-refractivity contribution in [3.05, 3.63) is 29.8 Å². The Morgan fingerprint density at radius 2 is 1.81 bits per heavy atom. The highest BCUT2D eigenvalue weighted by Gasteiger charge is 2.36. The molecule has 2 heterocycles. The summed E-state index contributed by atoms with van der Waals surface area (Å²) in [5, 5.41) is 28.3. The Labute approximate surface area is 155 Å². The molecule has 3 rings (SSSR count). The van der Waals surface area contributed by atoms with Gasteiger partial charge in [0.1, 0.15) is 18.5 Å². The Kier molecular flexibility index (Phi) is 6.11. The molecule has 0 saturated carbocycles. The first-order chi connectivity index (χ1) is 12.6. The van der Waals surface area contributed by atoms with Crippen molar-refractivity contribution in [2.45, 2.75) is 25.5 Å². The number of likely N-dealkylation sites (tertiary alicyclic amines) is 2. The number of hydrogen-bond donors (Lipinski definition) is 1. The van der Waals surface area contributed by atoms with Gasteiger partial charge in [-0.25, -0.2) is 0 Å². The fourth-order valence-corrected chi connectivity index (χ4v) is 4.14. The van der Waals surface area contributed by atoms with Crippen LogP contribution in [0.15, 0.2) is 24.3 Å². The summed E-state index contributed by atoms with van der Waals surface area (Å²) in [6, 6.07) is 11.3. The third kappa shape index (κ3) is 4.74. The van der Waals surface area contributed by atoms with Crippen LogP contribution in [0.2, 0.25) is 0 Å². The predicted octanol–water partition coefficient (Wildman–Crippen LogP) is 1.46. The molecule has 0 radical (unpaired) electrons. The summed E-state index contributed by atoms with van der Waals surface area (Å²) in [5.74, 6) is 1.81. The van der Waals surface area contributed by atoms with E-state index in [1.165, 1.54) is 6.42 Å². The van der Waals surface area contributed by atoms with Gasteiger partial charge in [0.25, 0.3) is 0 Å². The molecular formula is C20H26N4O2. The zero-order valence-electron chi connectivity index (χ0n) is 15.2. The summed E-state index contributed by atoms with van der Waals surface area (Å²) in [6.07, 6.45) is 0.682. The highest BCUT2D eigenvalue weighted by molar-refractivity contribution is 5.34. The molecule has 4 unspecified atom stereocenters. The van der Waals surface area contributed by atoms with E-state index in [2.05, 4.69) is 21.9 Å². The van der Waals surface area contributed by atoms with Crippen LogP contribution in [0.25, 0.3) is 0 Å². The molecule has 26 heavy (non-hydrogen) atoms. The van der Waals surface area contributed by atoms with Gasteiger partial charge in [-0.3, -0.25) is 9.80 Å². The van der Waals surface area contributed by atoms with Crippen molar-refractivity contribution in [3.8, 4) is 17.9 Å². The first-order valence-corrected chi connectivity index (χ1v) is 9.24. The number of nitriles is 2. The maximum Gasteiger partial charge on any atom is 0.119 e. The molecular weight excluding hydrogens is 328 g/mol. The van der Waals surface area contributed by atoms with E-state index < -0.39 is 6.10 Å². The van der Waals surface area contributed by atoms with Gasteiger partial charge in [0, 0.05) is 32.7 Å². The third-order valence-electron chi connectivity index (χ3n) is 5.31. The van der Waals surface area contributed by atoms with Gasteiger partial charge in [0.2, 0.25) is 0 Å².